The summed E-state index contributed by atoms with van der Waals surface area (Å²) in [5.41, 5.74) is 2.40. The van der Waals surface area contributed by atoms with Crippen LogP contribution in [0.15, 0.2) is 24.8 Å². The Balaban J connectivity index is 1.87. The largest absolute Gasteiger partial charge is 0.342 e. The van der Waals surface area contributed by atoms with Crippen LogP contribution >= 0.6 is 0 Å². The first-order chi connectivity index (χ1) is 11.0. The lowest BCUT2D eigenvalue weighted by atomic mass is 9.88. The molecule has 1 N–H and O–H groups in total. The molecule has 1 atom stereocenters. The van der Waals surface area contributed by atoms with Gasteiger partial charge in [0.25, 0.3) is 0 Å². The van der Waals surface area contributed by atoms with Crippen LogP contribution in [0.5, 0.6) is 0 Å². The van der Waals surface area contributed by atoms with Gasteiger partial charge in [-0.3, -0.25) is 19.9 Å². The van der Waals surface area contributed by atoms with Crippen LogP contribution in [0.4, 0.5) is 0 Å². The number of aromatic nitrogens is 4. The molecule has 0 radical (unpaired) electrons. The van der Waals surface area contributed by atoms with Gasteiger partial charge in [0.2, 0.25) is 5.91 Å². The minimum Gasteiger partial charge on any atom is -0.342 e. The van der Waals surface area contributed by atoms with Crippen LogP contribution in [0.25, 0.3) is 11.3 Å². The van der Waals surface area contributed by atoms with Crippen molar-refractivity contribution < 1.29 is 4.79 Å². The van der Waals surface area contributed by atoms with E-state index in [1.54, 1.807) is 18.6 Å². The quantitative estimate of drug-likeness (QED) is 0.925. The van der Waals surface area contributed by atoms with E-state index in [0.717, 1.165) is 36.3 Å². The predicted octanol–water partition coefficient (Wildman–Crippen LogP) is 2.62. The summed E-state index contributed by atoms with van der Waals surface area (Å²) in [5, 5.41) is 6.83. The van der Waals surface area contributed by atoms with Gasteiger partial charge in [0.1, 0.15) is 0 Å². The third kappa shape index (κ3) is 3.25. The molecule has 2 aromatic heterocycles. The van der Waals surface area contributed by atoms with E-state index in [1.165, 1.54) is 0 Å². The van der Waals surface area contributed by atoms with Crippen LogP contribution < -0.4 is 0 Å². The molecule has 0 bridgehead atoms. The molecule has 6 nitrogen and oxygen atoms in total. The van der Waals surface area contributed by atoms with E-state index in [1.807, 2.05) is 31.9 Å². The molecule has 0 spiro atoms. The molecule has 1 saturated heterocycles. The Hall–Kier alpha value is -2.24. The Morgan fingerprint density at radius 1 is 1.30 bits per heavy atom. The van der Waals surface area contributed by atoms with Gasteiger partial charge in [0, 0.05) is 48.6 Å². The molecule has 3 rings (SSSR count). The number of nitrogens with zero attached hydrogens (tertiary/aromatic N) is 4. The van der Waals surface area contributed by atoms with Gasteiger partial charge in [-0.1, -0.05) is 20.8 Å². The summed E-state index contributed by atoms with van der Waals surface area (Å²) in [6.07, 6.45) is 9.03. The normalized spacial score (nSPS) is 18.9. The Morgan fingerprint density at radius 2 is 2.09 bits per heavy atom. The van der Waals surface area contributed by atoms with Crippen molar-refractivity contribution in [3.05, 3.63) is 30.5 Å². The van der Waals surface area contributed by atoms with Gasteiger partial charge < -0.3 is 4.90 Å². The fraction of sp³-hybridized carbons (Fsp3) is 0.529. The molecular formula is C17H23N5O. The summed E-state index contributed by atoms with van der Waals surface area (Å²) in [6.45, 7) is 7.45. The van der Waals surface area contributed by atoms with E-state index in [2.05, 4.69) is 20.2 Å². The fourth-order valence-corrected chi connectivity index (χ4v) is 3.11. The molecule has 6 heteroatoms. The van der Waals surface area contributed by atoms with E-state index < -0.39 is 0 Å². The Morgan fingerprint density at radius 3 is 2.78 bits per heavy atom. The summed E-state index contributed by atoms with van der Waals surface area (Å²) in [5.74, 6) is 0.421. The van der Waals surface area contributed by atoms with Crippen molar-refractivity contribution in [1.82, 2.24) is 25.1 Å². The van der Waals surface area contributed by atoms with Crippen LogP contribution in [-0.2, 0) is 4.79 Å². The predicted molar refractivity (Wildman–Crippen MR) is 87.6 cm³/mol. The van der Waals surface area contributed by atoms with Gasteiger partial charge in [-0.05, 0) is 12.8 Å². The van der Waals surface area contributed by atoms with E-state index in [4.69, 9.17) is 0 Å². The number of nitrogens with one attached hydrogen (secondary N) is 1. The van der Waals surface area contributed by atoms with Crippen LogP contribution in [0, 0.1) is 5.41 Å². The zero-order valence-corrected chi connectivity index (χ0v) is 13.9. The molecule has 2 aromatic rings. The maximum absolute atomic E-state index is 12.6. The zero-order valence-electron chi connectivity index (χ0n) is 13.9. The summed E-state index contributed by atoms with van der Waals surface area (Å²) in [4.78, 5) is 23.6. The Kier molecular flexibility index (Phi) is 4.15. The van der Waals surface area contributed by atoms with E-state index in [9.17, 15) is 4.79 Å². The van der Waals surface area contributed by atoms with E-state index in [0.29, 0.717) is 6.54 Å². The molecular weight excluding hydrogens is 290 g/mol. The highest BCUT2D eigenvalue weighted by Gasteiger charge is 2.32. The first-order valence-corrected chi connectivity index (χ1v) is 8.06. The lowest BCUT2D eigenvalue weighted by molar-refractivity contribution is -0.140. The average Bonchev–Trinajstić information content (AvgIpc) is 3.08. The first-order valence-electron chi connectivity index (χ1n) is 8.06. The number of carbonyl (C=O) groups is 1. The van der Waals surface area contributed by atoms with Crippen molar-refractivity contribution in [2.45, 2.75) is 39.5 Å². The third-order valence-electron chi connectivity index (χ3n) is 4.24. The highest BCUT2D eigenvalue weighted by atomic mass is 16.2. The van der Waals surface area contributed by atoms with Crippen LogP contribution in [0.2, 0.25) is 0 Å². The smallest absolute Gasteiger partial charge is 0.227 e. The molecule has 122 valence electrons. The number of carbonyl (C=O) groups excluding carboxylic acids is 1. The fourth-order valence-electron chi connectivity index (χ4n) is 3.11. The Bertz CT molecular complexity index is 675. The zero-order chi connectivity index (χ0) is 16.4. The van der Waals surface area contributed by atoms with Crippen LogP contribution in [0.1, 0.15) is 45.2 Å². The second-order valence-electron chi connectivity index (χ2n) is 7.12. The van der Waals surface area contributed by atoms with E-state index in [-0.39, 0.29) is 17.2 Å². The van der Waals surface area contributed by atoms with Crippen molar-refractivity contribution in [3.63, 3.8) is 0 Å². The third-order valence-corrected chi connectivity index (χ3v) is 4.24. The van der Waals surface area contributed by atoms with Gasteiger partial charge in [-0.15, -0.1) is 0 Å². The molecule has 3 heterocycles. The number of hydrogen-bond donors (Lipinski definition) is 1. The van der Waals surface area contributed by atoms with Crippen molar-refractivity contribution in [2.24, 2.45) is 5.41 Å². The second-order valence-corrected chi connectivity index (χ2v) is 7.12. The molecule has 0 saturated carbocycles. The second kappa shape index (κ2) is 6.10. The van der Waals surface area contributed by atoms with Crippen molar-refractivity contribution in [2.75, 3.05) is 13.1 Å². The highest BCUT2D eigenvalue weighted by Crippen LogP contribution is 2.32. The molecule has 1 fully saturated rings. The van der Waals surface area contributed by atoms with Gasteiger partial charge in [-0.2, -0.15) is 5.10 Å². The van der Waals surface area contributed by atoms with Gasteiger partial charge in [0.15, 0.2) is 0 Å². The lowest BCUT2D eigenvalue weighted by Crippen LogP contribution is -2.44. The first kappa shape index (κ1) is 15.6. The number of likely N-dealkylation sites (tertiary alicyclic amines) is 1. The molecule has 1 amide bonds. The number of H-pyrrole nitrogens is 1. The minimum absolute atomic E-state index is 0.205. The molecule has 0 aromatic carbocycles. The SMILES string of the molecule is CC(C)(C)C(=O)N1CCC[C@@H](c2nccnc2-c2cn[nH]c2)C1. The molecule has 1 aliphatic heterocycles. The monoisotopic (exact) mass is 313 g/mol. The maximum Gasteiger partial charge on any atom is 0.227 e. The van der Waals surface area contributed by atoms with Gasteiger partial charge in [0.05, 0.1) is 17.6 Å². The van der Waals surface area contributed by atoms with Crippen molar-refractivity contribution in [3.8, 4) is 11.3 Å². The van der Waals surface area contributed by atoms with E-state index >= 15 is 0 Å². The molecule has 1 aliphatic rings. The number of piperidine rings is 1. The molecule has 23 heavy (non-hydrogen) atoms. The summed E-state index contributed by atoms with van der Waals surface area (Å²) in [7, 11) is 0. The van der Waals surface area contributed by atoms with Crippen molar-refractivity contribution in [1.29, 1.82) is 0 Å². The van der Waals surface area contributed by atoms with Crippen molar-refractivity contribution >= 4 is 5.91 Å². The maximum atomic E-state index is 12.6. The minimum atomic E-state index is -0.350. The molecule has 0 unspecified atom stereocenters. The average molecular weight is 313 g/mol. The topological polar surface area (TPSA) is 74.8 Å². The summed E-state index contributed by atoms with van der Waals surface area (Å²) < 4.78 is 0. The van der Waals surface area contributed by atoms with Gasteiger partial charge >= 0.3 is 0 Å². The number of hydrogen-bond acceptors (Lipinski definition) is 4. The van der Waals surface area contributed by atoms with Gasteiger partial charge in [-0.25, -0.2) is 0 Å². The number of aromatic amines is 1. The van der Waals surface area contributed by atoms with Crippen LogP contribution in [-0.4, -0.2) is 44.1 Å². The standard InChI is InChI=1S/C17H23N5O/c1-17(2,3)16(23)22-8-4-5-12(11-22)14-15(19-7-6-18-14)13-9-20-21-10-13/h6-7,9-10,12H,4-5,8,11H2,1-3H3,(H,20,21)/t12-/m1/s1. The lowest BCUT2D eigenvalue weighted by Gasteiger charge is -2.36. The summed E-state index contributed by atoms with van der Waals surface area (Å²) >= 11 is 0. The number of amides is 1. The molecule has 0 aliphatic carbocycles. The van der Waals surface area contributed by atoms with Crippen LogP contribution in [0.3, 0.4) is 0 Å². The Labute approximate surface area is 136 Å². The highest BCUT2D eigenvalue weighted by molar-refractivity contribution is 5.81. The number of rotatable bonds is 2. The summed E-state index contributed by atoms with van der Waals surface area (Å²) in [6, 6.07) is 0.